The van der Waals surface area contributed by atoms with E-state index in [0.29, 0.717) is 11.2 Å². The number of rotatable bonds is 2. The number of nitrogens with zero attached hydrogens (tertiary/aromatic N) is 3. The standard InChI is InChI=1S/C13H8IN3O2/c14-8-5-16-17(7-8)12-10-4-2-1-3-9(10)11(6-15-12)13(18)19/h1-7H,(H,18,19). The number of benzene rings is 1. The molecule has 1 aromatic carbocycles. The molecule has 0 fully saturated rings. The summed E-state index contributed by atoms with van der Waals surface area (Å²) in [6, 6.07) is 7.29. The van der Waals surface area contributed by atoms with Gasteiger partial charge in [0.2, 0.25) is 0 Å². The van der Waals surface area contributed by atoms with E-state index >= 15 is 0 Å². The number of hydrogen-bond donors (Lipinski definition) is 1. The maximum absolute atomic E-state index is 11.2. The molecule has 1 N–H and O–H groups in total. The van der Waals surface area contributed by atoms with Gasteiger partial charge < -0.3 is 5.11 Å². The normalized spacial score (nSPS) is 10.8. The third-order valence-corrected chi connectivity index (χ3v) is 3.33. The van der Waals surface area contributed by atoms with Crippen molar-refractivity contribution in [2.24, 2.45) is 0 Å². The Kier molecular flexibility index (Phi) is 2.94. The molecule has 94 valence electrons. The molecule has 6 heteroatoms. The van der Waals surface area contributed by atoms with Crippen molar-refractivity contribution in [3.05, 3.63) is 52.0 Å². The van der Waals surface area contributed by atoms with E-state index < -0.39 is 5.97 Å². The molecular weight excluding hydrogens is 357 g/mol. The van der Waals surface area contributed by atoms with E-state index in [1.807, 2.05) is 24.4 Å². The van der Waals surface area contributed by atoms with Crippen LogP contribution >= 0.6 is 22.6 Å². The topological polar surface area (TPSA) is 68.0 Å². The van der Waals surface area contributed by atoms with Crippen LogP contribution in [0, 0.1) is 3.57 Å². The Balaban J connectivity index is 2.34. The van der Waals surface area contributed by atoms with E-state index in [0.717, 1.165) is 8.96 Å². The van der Waals surface area contributed by atoms with E-state index in [1.165, 1.54) is 6.20 Å². The Bertz CT molecular complexity index is 782. The molecule has 0 radical (unpaired) electrons. The SMILES string of the molecule is O=C(O)c1cnc(-n2cc(I)cn2)c2ccccc12. The number of aromatic carboxylic acids is 1. The lowest BCUT2D eigenvalue weighted by Gasteiger charge is -2.07. The molecule has 2 aromatic heterocycles. The molecule has 3 aromatic rings. The van der Waals surface area contributed by atoms with Gasteiger partial charge in [0.15, 0.2) is 5.82 Å². The Morgan fingerprint density at radius 2 is 1.95 bits per heavy atom. The van der Waals surface area contributed by atoms with Gasteiger partial charge in [-0.1, -0.05) is 24.3 Å². The van der Waals surface area contributed by atoms with Crippen molar-refractivity contribution in [3.8, 4) is 5.82 Å². The fourth-order valence-corrected chi connectivity index (χ4v) is 2.34. The largest absolute Gasteiger partial charge is 0.478 e. The van der Waals surface area contributed by atoms with E-state index in [1.54, 1.807) is 16.9 Å². The summed E-state index contributed by atoms with van der Waals surface area (Å²) in [5.41, 5.74) is 0.196. The number of fused-ring (bicyclic) bond motifs is 1. The van der Waals surface area contributed by atoms with Crippen molar-refractivity contribution < 1.29 is 9.90 Å². The van der Waals surface area contributed by atoms with Crippen LogP contribution in [0.5, 0.6) is 0 Å². The average molecular weight is 365 g/mol. The Morgan fingerprint density at radius 1 is 1.21 bits per heavy atom. The monoisotopic (exact) mass is 365 g/mol. The van der Waals surface area contributed by atoms with Crippen molar-refractivity contribution >= 4 is 39.3 Å². The van der Waals surface area contributed by atoms with Crippen molar-refractivity contribution in [1.82, 2.24) is 14.8 Å². The van der Waals surface area contributed by atoms with E-state index in [2.05, 4.69) is 32.7 Å². The van der Waals surface area contributed by atoms with Gasteiger partial charge in [0, 0.05) is 23.2 Å². The van der Waals surface area contributed by atoms with Crippen molar-refractivity contribution in [1.29, 1.82) is 0 Å². The third kappa shape index (κ3) is 2.07. The van der Waals surface area contributed by atoms with Crippen LogP contribution in [-0.4, -0.2) is 25.8 Å². The van der Waals surface area contributed by atoms with E-state index in [-0.39, 0.29) is 5.56 Å². The molecule has 0 saturated carbocycles. The van der Waals surface area contributed by atoms with Crippen LogP contribution in [-0.2, 0) is 0 Å². The second-order valence-corrected chi connectivity index (χ2v) is 5.19. The highest BCUT2D eigenvalue weighted by Gasteiger charge is 2.13. The van der Waals surface area contributed by atoms with Crippen molar-refractivity contribution in [2.45, 2.75) is 0 Å². The first-order valence-corrected chi connectivity index (χ1v) is 6.56. The summed E-state index contributed by atoms with van der Waals surface area (Å²) in [5.74, 6) is -0.353. The maximum Gasteiger partial charge on any atom is 0.337 e. The minimum Gasteiger partial charge on any atom is -0.478 e. The number of carbonyl (C=O) groups is 1. The van der Waals surface area contributed by atoms with Crippen LogP contribution in [0.3, 0.4) is 0 Å². The van der Waals surface area contributed by atoms with Crippen LogP contribution in [0.25, 0.3) is 16.6 Å². The van der Waals surface area contributed by atoms with Gasteiger partial charge >= 0.3 is 5.97 Å². The fraction of sp³-hybridized carbons (Fsp3) is 0. The highest BCUT2D eigenvalue weighted by atomic mass is 127. The fourth-order valence-electron chi connectivity index (χ4n) is 1.95. The van der Waals surface area contributed by atoms with Gasteiger partial charge in [-0.05, 0) is 22.6 Å². The van der Waals surface area contributed by atoms with Crippen LogP contribution in [0.1, 0.15) is 10.4 Å². The second-order valence-electron chi connectivity index (χ2n) is 3.95. The van der Waals surface area contributed by atoms with Crippen molar-refractivity contribution in [3.63, 3.8) is 0 Å². The molecule has 3 rings (SSSR count). The molecule has 0 amide bonds. The lowest BCUT2D eigenvalue weighted by atomic mass is 10.1. The minimum absolute atomic E-state index is 0.196. The summed E-state index contributed by atoms with van der Waals surface area (Å²) in [7, 11) is 0. The summed E-state index contributed by atoms with van der Waals surface area (Å²) in [6.07, 6.45) is 4.94. The highest BCUT2D eigenvalue weighted by Crippen LogP contribution is 2.23. The maximum atomic E-state index is 11.2. The molecule has 0 unspecified atom stereocenters. The smallest absolute Gasteiger partial charge is 0.337 e. The molecule has 0 bridgehead atoms. The number of carboxylic acids is 1. The summed E-state index contributed by atoms with van der Waals surface area (Å²) in [4.78, 5) is 15.4. The average Bonchev–Trinajstić information content (AvgIpc) is 2.83. The van der Waals surface area contributed by atoms with Crippen molar-refractivity contribution in [2.75, 3.05) is 0 Å². The molecule has 5 nitrogen and oxygen atoms in total. The summed E-state index contributed by atoms with van der Waals surface area (Å²) in [6.45, 7) is 0. The molecule has 0 aliphatic carbocycles. The number of hydrogen-bond acceptors (Lipinski definition) is 3. The molecule has 0 aliphatic rings. The zero-order valence-electron chi connectivity index (χ0n) is 9.62. The summed E-state index contributed by atoms with van der Waals surface area (Å²) >= 11 is 2.16. The van der Waals surface area contributed by atoms with E-state index in [9.17, 15) is 9.90 Å². The molecule has 0 atom stereocenters. The number of aromatic nitrogens is 3. The van der Waals surface area contributed by atoms with Gasteiger partial charge in [0.1, 0.15) is 0 Å². The van der Waals surface area contributed by atoms with Crippen LogP contribution < -0.4 is 0 Å². The zero-order chi connectivity index (χ0) is 13.4. The molecule has 2 heterocycles. The quantitative estimate of drug-likeness (QED) is 0.710. The predicted octanol–water partition coefficient (Wildman–Crippen LogP) is 2.72. The third-order valence-electron chi connectivity index (χ3n) is 2.77. The van der Waals surface area contributed by atoms with Crippen LogP contribution in [0.2, 0.25) is 0 Å². The minimum atomic E-state index is -0.981. The predicted molar refractivity (Wildman–Crippen MR) is 78.5 cm³/mol. The first-order valence-electron chi connectivity index (χ1n) is 5.48. The van der Waals surface area contributed by atoms with Crippen LogP contribution in [0.15, 0.2) is 42.9 Å². The van der Waals surface area contributed by atoms with E-state index in [4.69, 9.17) is 0 Å². The van der Waals surface area contributed by atoms with Gasteiger partial charge in [-0.2, -0.15) is 5.10 Å². The molecule has 19 heavy (non-hydrogen) atoms. The first-order chi connectivity index (χ1) is 9.16. The Labute approximate surface area is 122 Å². The number of halogens is 1. The van der Waals surface area contributed by atoms with Gasteiger partial charge in [-0.25, -0.2) is 14.5 Å². The lowest BCUT2D eigenvalue weighted by molar-refractivity contribution is 0.0698. The lowest BCUT2D eigenvalue weighted by Crippen LogP contribution is -2.04. The van der Waals surface area contributed by atoms with Gasteiger partial charge in [0.05, 0.1) is 15.3 Å². The highest BCUT2D eigenvalue weighted by molar-refractivity contribution is 14.1. The van der Waals surface area contributed by atoms with Crippen LogP contribution in [0.4, 0.5) is 0 Å². The number of pyridine rings is 1. The first kappa shape index (κ1) is 12.1. The second kappa shape index (κ2) is 4.61. The molecule has 0 spiro atoms. The zero-order valence-corrected chi connectivity index (χ0v) is 11.8. The van der Waals surface area contributed by atoms with Gasteiger partial charge in [0.25, 0.3) is 0 Å². The Hall–Kier alpha value is -1.96. The molecular formula is C13H8IN3O2. The number of carboxylic acid groups (broad SMARTS) is 1. The van der Waals surface area contributed by atoms with Gasteiger partial charge in [-0.15, -0.1) is 0 Å². The summed E-state index contributed by atoms with van der Waals surface area (Å²) in [5, 5.41) is 14.8. The molecule has 0 saturated heterocycles. The van der Waals surface area contributed by atoms with Gasteiger partial charge in [-0.3, -0.25) is 0 Å². The molecule has 0 aliphatic heterocycles. The Morgan fingerprint density at radius 3 is 2.58 bits per heavy atom. The summed E-state index contributed by atoms with van der Waals surface area (Å²) < 4.78 is 2.64.